The van der Waals surface area contributed by atoms with Crippen molar-refractivity contribution in [2.75, 3.05) is 14.2 Å². The fraction of sp³-hybridized carbons (Fsp3) is 0.333. The van der Waals surface area contributed by atoms with Gasteiger partial charge in [-0.1, -0.05) is 24.9 Å². The molecule has 0 aliphatic heterocycles. The zero-order chi connectivity index (χ0) is 19.3. The molecule has 0 unspecified atom stereocenters. The maximum Gasteiger partial charge on any atom is 0.362 e. The van der Waals surface area contributed by atoms with Crippen LogP contribution in [0.4, 0.5) is 0 Å². The van der Waals surface area contributed by atoms with E-state index in [0.29, 0.717) is 22.8 Å². The molecule has 1 aromatic heterocycles. The minimum absolute atomic E-state index is 0.216. The number of unbranched alkanes of at least 4 members (excludes halogenated alkanes) is 1. The number of methoxy groups -OCH3 is 2. The number of hydrogen-bond acceptors (Lipinski definition) is 6. The van der Waals surface area contributed by atoms with Gasteiger partial charge in [-0.2, -0.15) is 5.10 Å². The van der Waals surface area contributed by atoms with Gasteiger partial charge in [-0.25, -0.2) is 14.3 Å². The summed E-state index contributed by atoms with van der Waals surface area (Å²) >= 11 is 5.93. The van der Waals surface area contributed by atoms with Crippen LogP contribution in [-0.4, -0.2) is 35.9 Å². The molecule has 0 fully saturated rings. The number of benzene rings is 1. The van der Waals surface area contributed by atoms with E-state index in [-0.39, 0.29) is 5.56 Å². The van der Waals surface area contributed by atoms with Gasteiger partial charge in [-0.15, -0.1) is 0 Å². The van der Waals surface area contributed by atoms with Crippen LogP contribution >= 0.6 is 11.6 Å². The molecule has 0 atom stereocenters. The number of halogens is 1. The summed E-state index contributed by atoms with van der Waals surface area (Å²) in [6.45, 7) is 1.98. The minimum Gasteiger partial charge on any atom is -0.465 e. The maximum atomic E-state index is 12.7. The minimum atomic E-state index is -0.926. The Labute approximate surface area is 155 Å². The second-order valence-corrected chi connectivity index (χ2v) is 5.91. The third-order valence-corrected chi connectivity index (χ3v) is 4.04. The Bertz CT molecular complexity index is 874. The molecule has 0 spiro atoms. The largest absolute Gasteiger partial charge is 0.465 e. The van der Waals surface area contributed by atoms with Crippen LogP contribution in [0.25, 0.3) is 5.69 Å². The second kappa shape index (κ2) is 8.62. The lowest BCUT2D eigenvalue weighted by atomic mass is 10.1. The summed E-state index contributed by atoms with van der Waals surface area (Å²) in [7, 11) is 2.31. The molecule has 1 heterocycles. The van der Waals surface area contributed by atoms with Crippen molar-refractivity contribution in [2.24, 2.45) is 0 Å². The third-order valence-electron chi connectivity index (χ3n) is 3.79. The molecule has 2 aromatic rings. The number of carbonyl (C=O) groups excluding carboxylic acids is 2. The predicted octanol–water partition coefficient (Wildman–Crippen LogP) is 2.80. The monoisotopic (exact) mass is 378 g/mol. The highest BCUT2D eigenvalue weighted by Crippen LogP contribution is 2.18. The molecule has 0 amide bonds. The highest BCUT2D eigenvalue weighted by molar-refractivity contribution is 6.30. The normalized spacial score (nSPS) is 10.5. The van der Waals surface area contributed by atoms with Crippen molar-refractivity contribution >= 4 is 23.5 Å². The van der Waals surface area contributed by atoms with Crippen molar-refractivity contribution in [2.45, 2.75) is 26.2 Å². The Balaban J connectivity index is 2.85. The van der Waals surface area contributed by atoms with Crippen molar-refractivity contribution in [3.8, 4) is 5.69 Å². The van der Waals surface area contributed by atoms with Crippen LogP contribution in [-0.2, 0) is 15.9 Å². The predicted molar refractivity (Wildman–Crippen MR) is 96.1 cm³/mol. The number of esters is 2. The molecule has 0 saturated carbocycles. The first-order valence-electron chi connectivity index (χ1n) is 8.03. The van der Waals surface area contributed by atoms with Crippen LogP contribution in [0.3, 0.4) is 0 Å². The number of hydrogen-bond donors (Lipinski definition) is 0. The van der Waals surface area contributed by atoms with Gasteiger partial charge in [0.15, 0.2) is 0 Å². The van der Waals surface area contributed by atoms with E-state index < -0.39 is 23.1 Å². The third kappa shape index (κ3) is 3.94. The molecule has 138 valence electrons. The molecule has 2 rings (SSSR count). The summed E-state index contributed by atoms with van der Waals surface area (Å²) in [5.74, 6) is -1.75. The van der Waals surface area contributed by atoms with E-state index in [2.05, 4.69) is 9.84 Å². The number of ether oxygens (including phenoxy) is 2. The average molecular weight is 379 g/mol. The fourth-order valence-electron chi connectivity index (χ4n) is 2.47. The summed E-state index contributed by atoms with van der Waals surface area (Å²) in [4.78, 5) is 37.0. The molecular formula is C18H19ClN2O5. The SMILES string of the molecule is CCCCc1c(C(=O)OC)c(=O)c(C(=O)OC)nn1-c1ccc(Cl)cc1. The molecule has 0 aliphatic carbocycles. The van der Waals surface area contributed by atoms with Crippen LogP contribution in [0.15, 0.2) is 29.1 Å². The van der Waals surface area contributed by atoms with E-state index in [4.69, 9.17) is 16.3 Å². The van der Waals surface area contributed by atoms with Gasteiger partial charge in [0.1, 0.15) is 5.56 Å². The van der Waals surface area contributed by atoms with Gasteiger partial charge in [0.25, 0.3) is 0 Å². The van der Waals surface area contributed by atoms with E-state index in [9.17, 15) is 14.4 Å². The lowest BCUT2D eigenvalue weighted by Crippen LogP contribution is -2.32. The van der Waals surface area contributed by atoms with E-state index in [0.717, 1.165) is 20.0 Å². The molecule has 1 aromatic carbocycles. The van der Waals surface area contributed by atoms with Gasteiger partial charge in [-0.3, -0.25) is 4.79 Å². The summed E-state index contributed by atoms with van der Waals surface area (Å²) in [5, 5.41) is 4.67. The van der Waals surface area contributed by atoms with Gasteiger partial charge in [0, 0.05) is 5.02 Å². The first-order chi connectivity index (χ1) is 12.4. The highest BCUT2D eigenvalue weighted by atomic mass is 35.5. The van der Waals surface area contributed by atoms with Crippen LogP contribution in [0.5, 0.6) is 0 Å². The Morgan fingerprint density at radius 3 is 2.27 bits per heavy atom. The Hall–Kier alpha value is -2.67. The molecule has 26 heavy (non-hydrogen) atoms. The summed E-state index contributed by atoms with van der Waals surface area (Å²) < 4.78 is 10.8. The van der Waals surface area contributed by atoms with E-state index in [1.165, 1.54) is 11.8 Å². The van der Waals surface area contributed by atoms with Gasteiger partial charge in [0.2, 0.25) is 11.1 Å². The molecule has 0 bridgehead atoms. The van der Waals surface area contributed by atoms with Crippen molar-refractivity contribution in [1.82, 2.24) is 9.78 Å². The first-order valence-corrected chi connectivity index (χ1v) is 8.41. The number of carbonyl (C=O) groups is 2. The first kappa shape index (κ1) is 19.7. The highest BCUT2D eigenvalue weighted by Gasteiger charge is 2.27. The average Bonchev–Trinajstić information content (AvgIpc) is 2.65. The quantitative estimate of drug-likeness (QED) is 0.718. The zero-order valence-electron chi connectivity index (χ0n) is 14.7. The van der Waals surface area contributed by atoms with Crippen LogP contribution in [0, 0.1) is 0 Å². The van der Waals surface area contributed by atoms with E-state index in [1.807, 2.05) is 6.92 Å². The molecule has 0 saturated heterocycles. The van der Waals surface area contributed by atoms with Crippen LogP contribution in [0.2, 0.25) is 5.02 Å². The summed E-state index contributed by atoms with van der Waals surface area (Å²) in [5.41, 5.74) is -0.580. The molecular weight excluding hydrogens is 360 g/mol. The van der Waals surface area contributed by atoms with Crippen molar-refractivity contribution in [3.05, 3.63) is 56.5 Å². The molecule has 7 nitrogen and oxygen atoms in total. The van der Waals surface area contributed by atoms with Crippen molar-refractivity contribution in [1.29, 1.82) is 0 Å². The Morgan fingerprint density at radius 2 is 1.73 bits per heavy atom. The van der Waals surface area contributed by atoms with Crippen molar-refractivity contribution in [3.63, 3.8) is 0 Å². The van der Waals surface area contributed by atoms with Gasteiger partial charge in [-0.05, 0) is 37.1 Å². The number of aromatic nitrogens is 2. The van der Waals surface area contributed by atoms with Crippen LogP contribution < -0.4 is 5.43 Å². The van der Waals surface area contributed by atoms with Gasteiger partial charge in [0.05, 0.1) is 25.6 Å². The van der Waals surface area contributed by atoms with Gasteiger partial charge >= 0.3 is 11.9 Å². The number of nitrogens with zero attached hydrogens (tertiary/aromatic N) is 2. The molecule has 8 heteroatoms. The van der Waals surface area contributed by atoms with E-state index >= 15 is 0 Å². The second-order valence-electron chi connectivity index (χ2n) is 5.47. The lowest BCUT2D eigenvalue weighted by Gasteiger charge is -2.16. The molecule has 0 N–H and O–H groups in total. The van der Waals surface area contributed by atoms with Crippen molar-refractivity contribution < 1.29 is 19.1 Å². The topological polar surface area (TPSA) is 87.5 Å². The summed E-state index contributed by atoms with van der Waals surface area (Å²) in [6, 6.07) is 6.65. The van der Waals surface area contributed by atoms with Gasteiger partial charge < -0.3 is 9.47 Å². The maximum absolute atomic E-state index is 12.7. The van der Waals surface area contributed by atoms with Crippen LogP contribution in [0.1, 0.15) is 46.3 Å². The Morgan fingerprint density at radius 1 is 1.12 bits per heavy atom. The standard InChI is InChI=1S/C18H19ClN2O5/c1-4-5-6-13-14(17(23)25-2)16(22)15(18(24)26-3)20-21(13)12-9-7-11(19)8-10-12/h7-10H,4-6H2,1-3H3. The fourth-order valence-corrected chi connectivity index (χ4v) is 2.60. The smallest absolute Gasteiger partial charge is 0.362 e. The molecule has 0 aliphatic rings. The molecule has 0 radical (unpaired) electrons. The number of rotatable bonds is 6. The Kier molecular flexibility index (Phi) is 6.52. The lowest BCUT2D eigenvalue weighted by molar-refractivity contribution is 0.0586. The zero-order valence-corrected chi connectivity index (χ0v) is 15.5. The van der Waals surface area contributed by atoms with E-state index in [1.54, 1.807) is 24.3 Å². The summed E-state index contributed by atoms with van der Waals surface area (Å²) in [6.07, 6.45) is 1.97.